The molecule has 1 heterocycles. The molecule has 1 nitrogen and oxygen atoms in total. The van der Waals surface area contributed by atoms with Gasteiger partial charge in [-0.1, -0.05) is 123 Å². The molecule has 3 heteroatoms. The normalized spacial score (nSPS) is 15.1. The molecule has 1 aliphatic carbocycles. The lowest BCUT2D eigenvalue weighted by Gasteiger charge is -2.39. The highest BCUT2D eigenvalue weighted by Gasteiger charge is 2.47. The van der Waals surface area contributed by atoms with Gasteiger partial charge in [-0.25, -0.2) is 0 Å². The first-order valence-electron chi connectivity index (χ1n) is 16.5. The zero-order chi connectivity index (χ0) is 32.2. The fourth-order valence-electron chi connectivity index (χ4n) is 8.18. The number of fused-ring (bicyclic) bond motifs is 8. The largest absolute Gasteiger partial charge is 0.472 e. The van der Waals surface area contributed by atoms with Gasteiger partial charge in [-0.2, -0.15) is 0 Å². The van der Waals surface area contributed by atoms with Gasteiger partial charge in [0.25, 0.3) is 0 Å². The number of thioether (sulfide) groups is 2. The molecular weight excluding hydrogens is 609 g/mol. The van der Waals surface area contributed by atoms with Crippen LogP contribution in [0.1, 0.15) is 54.5 Å². The van der Waals surface area contributed by atoms with E-state index < -0.39 is 5.60 Å². The van der Waals surface area contributed by atoms with Gasteiger partial charge in [-0.3, -0.25) is 0 Å². The fraction of sp³-hybridized carbons (Fsp3) is 0.182. The maximum atomic E-state index is 7.57. The van der Waals surface area contributed by atoms with Gasteiger partial charge in [0, 0.05) is 37.3 Å². The average molecular weight is 647 g/mol. The Bertz CT molecular complexity index is 2110. The summed E-state index contributed by atoms with van der Waals surface area (Å²) in [6.07, 6.45) is 11.1. The highest BCUT2D eigenvalue weighted by Crippen LogP contribution is 2.61. The Morgan fingerprint density at radius 1 is 0.617 bits per heavy atom. The first-order chi connectivity index (χ1) is 23.1. The second-order valence-electron chi connectivity index (χ2n) is 12.6. The maximum Gasteiger partial charge on any atom is 0.178 e. The van der Waals surface area contributed by atoms with Gasteiger partial charge < -0.3 is 4.74 Å². The van der Waals surface area contributed by atoms with E-state index in [4.69, 9.17) is 4.74 Å². The van der Waals surface area contributed by atoms with Gasteiger partial charge in [0.1, 0.15) is 5.75 Å². The molecule has 6 aromatic carbocycles. The van der Waals surface area contributed by atoms with Crippen molar-refractivity contribution in [2.24, 2.45) is 0 Å². The smallest absolute Gasteiger partial charge is 0.178 e. The van der Waals surface area contributed by atoms with Crippen LogP contribution in [-0.2, 0) is 11.0 Å². The molecule has 0 N–H and O–H groups in total. The van der Waals surface area contributed by atoms with Crippen molar-refractivity contribution in [2.75, 3.05) is 12.5 Å². The molecule has 0 aromatic heterocycles. The monoisotopic (exact) mass is 646 g/mol. The summed E-state index contributed by atoms with van der Waals surface area (Å²) in [6.45, 7) is 4.73. The predicted octanol–water partition coefficient (Wildman–Crippen LogP) is 12.4. The molecule has 6 aromatic rings. The second-order valence-corrected chi connectivity index (χ2v) is 14.3. The summed E-state index contributed by atoms with van der Waals surface area (Å²) in [4.78, 5) is 2.59. The Kier molecular flexibility index (Phi) is 7.58. The predicted molar refractivity (Wildman–Crippen MR) is 203 cm³/mol. The van der Waals surface area contributed by atoms with Crippen LogP contribution in [0.15, 0.2) is 137 Å². The van der Waals surface area contributed by atoms with Crippen molar-refractivity contribution in [1.29, 1.82) is 0 Å². The number of ether oxygens (including phenoxy) is 1. The third kappa shape index (κ3) is 4.47. The van der Waals surface area contributed by atoms with E-state index in [1.807, 2.05) is 23.5 Å². The van der Waals surface area contributed by atoms with Crippen LogP contribution in [0.25, 0.3) is 39.1 Å². The molecule has 232 valence electrons. The topological polar surface area (TPSA) is 9.23 Å². The van der Waals surface area contributed by atoms with Crippen LogP contribution in [-0.4, -0.2) is 12.5 Å². The lowest BCUT2D eigenvalue weighted by Crippen LogP contribution is -2.35. The lowest BCUT2D eigenvalue weighted by atomic mass is 9.70. The first-order valence-corrected chi connectivity index (χ1v) is 19.0. The summed E-state index contributed by atoms with van der Waals surface area (Å²) in [5.74, 6) is 0.985. The van der Waals surface area contributed by atoms with E-state index in [0.29, 0.717) is 0 Å². The van der Waals surface area contributed by atoms with Crippen molar-refractivity contribution in [3.63, 3.8) is 0 Å². The Morgan fingerprint density at radius 2 is 1.19 bits per heavy atom. The van der Waals surface area contributed by atoms with Crippen molar-refractivity contribution in [3.8, 4) is 28.0 Å². The van der Waals surface area contributed by atoms with E-state index in [1.54, 1.807) is 0 Å². The maximum absolute atomic E-state index is 7.57. The summed E-state index contributed by atoms with van der Waals surface area (Å²) in [6, 6.07) is 44.2. The molecule has 0 bridgehead atoms. The molecule has 0 saturated carbocycles. The average Bonchev–Trinajstić information content (AvgIpc) is 3.45. The summed E-state index contributed by atoms with van der Waals surface area (Å²) in [5.41, 5.74) is 10.7. The zero-order valence-electron chi connectivity index (χ0n) is 27.3. The van der Waals surface area contributed by atoms with Crippen LogP contribution in [0.5, 0.6) is 5.75 Å². The molecule has 8 rings (SSSR count). The van der Waals surface area contributed by atoms with Gasteiger partial charge in [0.15, 0.2) is 5.60 Å². The van der Waals surface area contributed by atoms with Crippen LogP contribution >= 0.6 is 23.5 Å². The molecule has 2 aliphatic rings. The minimum Gasteiger partial charge on any atom is -0.472 e. The van der Waals surface area contributed by atoms with Gasteiger partial charge >= 0.3 is 0 Å². The summed E-state index contributed by atoms with van der Waals surface area (Å²) in [7, 11) is 0. The quantitative estimate of drug-likeness (QED) is 0.160. The lowest BCUT2D eigenvalue weighted by molar-refractivity contribution is 0.163. The Morgan fingerprint density at radius 3 is 1.77 bits per heavy atom. The Balaban J connectivity index is 1.48. The first kappa shape index (κ1) is 30.2. The van der Waals surface area contributed by atoms with E-state index >= 15 is 0 Å². The number of hydrogen-bond donors (Lipinski definition) is 0. The fourth-order valence-corrected chi connectivity index (χ4v) is 9.67. The van der Waals surface area contributed by atoms with E-state index in [2.05, 4.69) is 160 Å². The van der Waals surface area contributed by atoms with Crippen LogP contribution in [0, 0.1) is 0 Å². The van der Waals surface area contributed by atoms with Crippen LogP contribution in [0.2, 0.25) is 0 Å². The second kappa shape index (κ2) is 11.8. The molecule has 0 fully saturated rings. The van der Waals surface area contributed by atoms with Gasteiger partial charge in [-0.05, 0) is 88.4 Å². The standard InChI is InChI=1S/C44H38OS2/c1-5-43(6-2)37-26-30(29-16-10-7-11-17-29)22-23-33(37)40-35-27-38(46-3)39(47-4)28-36(35)42-34(41(40)43)24-25-44(45-42,31-18-12-8-13-19-31)32-20-14-9-15-21-32/h7-28H,5-6H2,1-4H3. The van der Waals surface area contributed by atoms with Crippen molar-refractivity contribution >= 4 is 40.4 Å². The number of hydrogen-bond acceptors (Lipinski definition) is 3. The molecule has 0 spiro atoms. The minimum atomic E-state index is -0.749. The molecular formula is C44H38OS2. The van der Waals surface area contributed by atoms with Crippen LogP contribution in [0.4, 0.5) is 0 Å². The molecule has 0 saturated heterocycles. The highest BCUT2D eigenvalue weighted by atomic mass is 32.2. The number of rotatable bonds is 7. The Labute approximate surface area is 287 Å². The molecule has 0 atom stereocenters. The van der Waals surface area contributed by atoms with Crippen LogP contribution in [0.3, 0.4) is 0 Å². The molecule has 0 amide bonds. The summed E-state index contributed by atoms with van der Waals surface area (Å²) >= 11 is 3.64. The molecule has 0 radical (unpaired) electrons. The highest BCUT2D eigenvalue weighted by molar-refractivity contribution is 8.01. The molecule has 1 aliphatic heterocycles. The van der Waals surface area contributed by atoms with E-state index in [1.165, 1.54) is 59.5 Å². The SMILES string of the molecule is CCC1(CC)c2cc(-c3ccccc3)ccc2-c2c1c1c(c3cc(SC)c(SC)cc23)OC(c2ccccc2)(c2ccccc2)C=C1. The van der Waals surface area contributed by atoms with E-state index in [0.717, 1.165) is 29.7 Å². The Hall–Kier alpha value is -4.18. The zero-order valence-corrected chi connectivity index (χ0v) is 29.0. The summed E-state index contributed by atoms with van der Waals surface area (Å²) < 4.78 is 7.57. The van der Waals surface area contributed by atoms with Crippen LogP contribution < -0.4 is 4.74 Å². The minimum absolute atomic E-state index is 0.140. The van der Waals surface area contributed by atoms with Crippen molar-refractivity contribution in [2.45, 2.75) is 47.5 Å². The van der Waals surface area contributed by atoms with Crippen molar-refractivity contribution in [3.05, 3.63) is 155 Å². The van der Waals surface area contributed by atoms with Gasteiger partial charge in [0.2, 0.25) is 0 Å². The number of benzene rings is 6. The molecule has 47 heavy (non-hydrogen) atoms. The van der Waals surface area contributed by atoms with Gasteiger partial charge in [0.05, 0.1) is 0 Å². The summed E-state index contributed by atoms with van der Waals surface area (Å²) in [5, 5.41) is 2.46. The molecule has 0 unspecified atom stereocenters. The third-order valence-corrected chi connectivity index (χ3v) is 12.2. The third-order valence-electron chi connectivity index (χ3n) is 10.6. The van der Waals surface area contributed by atoms with Crippen molar-refractivity contribution in [1.82, 2.24) is 0 Å². The van der Waals surface area contributed by atoms with E-state index in [9.17, 15) is 0 Å². The van der Waals surface area contributed by atoms with Gasteiger partial charge in [-0.15, -0.1) is 23.5 Å². The van der Waals surface area contributed by atoms with E-state index in [-0.39, 0.29) is 5.41 Å². The van der Waals surface area contributed by atoms with Crippen molar-refractivity contribution < 1.29 is 4.74 Å².